The Bertz CT molecular complexity index is 1070. The van der Waals surface area contributed by atoms with Crippen molar-refractivity contribution in [1.29, 1.82) is 0 Å². The standard InChI is InChI=1S/C25H27N3O3/c1-25-15-14-23(30)28(25)21-10-5-4-9-19(21)24(31)27(25)16-6-11-22(29)26-20-13-12-17-7-2-3-8-18(17)20/h2-5,7-10,20H,6,11-16H2,1H3,(H,26,29)/t20-,25+/m1/s1. The van der Waals surface area contributed by atoms with Crippen molar-refractivity contribution in [3.8, 4) is 0 Å². The Morgan fingerprint density at radius 3 is 2.74 bits per heavy atom. The smallest absolute Gasteiger partial charge is 0.257 e. The topological polar surface area (TPSA) is 69.7 Å². The third-order valence-electron chi connectivity index (χ3n) is 7.00. The number of carbonyl (C=O) groups excluding carboxylic acids is 3. The van der Waals surface area contributed by atoms with Gasteiger partial charge in [-0.15, -0.1) is 0 Å². The molecule has 2 aromatic carbocycles. The first-order valence-corrected chi connectivity index (χ1v) is 11.1. The number of rotatable bonds is 5. The van der Waals surface area contributed by atoms with E-state index in [1.54, 1.807) is 15.9 Å². The summed E-state index contributed by atoms with van der Waals surface area (Å²) in [5.41, 5.74) is 3.12. The molecule has 6 heteroatoms. The van der Waals surface area contributed by atoms with E-state index < -0.39 is 5.66 Å². The average Bonchev–Trinajstić information content (AvgIpc) is 3.31. The number of para-hydroxylation sites is 1. The Balaban J connectivity index is 1.26. The first-order valence-electron chi connectivity index (χ1n) is 11.1. The number of hydrogen-bond donors (Lipinski definition) is 1. The van der Waals surface area contributed by atoms with Gasteiger partial charge in [-0.1, -0.05) is 36.4 Å². The molecule has 1 saturated heterocycles. The van der Waals surface area contributed by atoms with E-state index in [0.29, 0.717) is 43.5 Å². The molecule has 1 fully saturated rings. The molecule has 0 spiro atoms. The largest absolute Gasteiger partial charge is 0.349 e. The van der Waals surface area contributed by atoms with Crippen molar-refractivity contribution in [2.75, 3.05) is 11.4 Å². The summed E-state index contributed by atoms with van der Waals surface area (Å²) in [4.78, 5) is 42.1. The molecule has 2 heterocycles. The van der Waals surface area contributed by atoms with Gasteiger partial charge in [-0.05, 0) is 55.9 Å². The van der Waals surface area contributed by atoms with Crippen molar-refractivity contribution in [3.05, 3.63) is 65.2 Å². The number of hydrogen-bond acceptors (Lipinski definition) is 3. The lowest BCUT2D eigenvalue weighted by Gasteiger charge is -2.48. The van der Waals surface area contributed by atoms with Gasteiger partial charge in [0.25, 0.3) is 5.91 Å². The molecule has 2 aromatic rings. The minimum absolute atomic E-state index is 0.0102. The maximum Gasteiger partial charge on any atom is 0.257 e. The van der Waals surface area contributed by atoms with Crippen LogP contribution in [0.2, 0.25) is 0 Å². The van der Waals surface area contributed by atoms with Crippen LogP contribution in [0.1, 0.15) is 66.6 Å². The SMILES string of the molecule is C[C@@]12CCC(=O)N1c1ccccc1C(=O)N2CCCC(=O)N[C@@H]1CCc2ccccc21. The molecule has 6 nitrogen and oxygen atoms in total. The highest BCUT2D eigenvalue weighted by atomic mass is 16.2. The van der Waals surface area contributed by atoms with Crippen LogP contribution in [0.4, 0.5) is 5.69 Å². The van der Waals surface area contributed by atoms with Crippen LogP contribution in [0.5, 0.6) is 0 Å². The van der Waals surface area contributed by atoms with Crippen molar-refractivity contribution < 1.29 is 14.4 Å². The normalized spacial score (nSPS) is 24.1. The lowest BCUT2D eigenvalue weighted by atomic mass is 9.98. The molecule has 5 rings (SSSR count). The van der Waals surface area contributed by atoms with Gasteiger partial charge in [0, 0.05) is 19.4 Å². The summed E-state index contributed by atoms with van der Waals surface area (Å²) in [6, 6.07) is 15.6. The fourth-order valence-corrected chi connectivity index (χ4v) is 5.41. The van der Waals surface area contributed by atoms with E-state index in [1.807, 2.05) is 37.3 Å². The van der Waals surface area contributed by atoms with Crippen molar-refractivity contribution in [1.82, 2.24) is 10.2 Å². The van der Waals surface area contributed by atoms with Crippen molar-refractivity contribution in [2.24, 2.45) is 0 Å². The summed E-state index contributed by atoms with van der Waals surface area (Å²) in [6.07, 6.45) is 3.87. The minimum atomic E-state index is -0.663. The molecular weight excluding hydrogens is 390 g/mol. The second kappa shape index (κ2) is 7.52. The highest BCUT2D eigenvalue weighted by molar-refractivity contribution is 6.10. The molecule has 2 atom stereocenters. The van der Waals surface area contributed by atoms with Gasteiger partial charge in [0.15, 0.2) is 0 Å². The van der Waals surface area contributed by atoms with E-state index in [2.05, 4.69) is 17.4 Å². The van der Waals surface area contributed by atoms with Gasteiger partial charge in [0.2, 0.25) is 11.8 Å². The molecular formula is C25H27N3O3. The number of nitrogens with one attached hydrogen (secondary N) is 1. The predicted octanol–water partition coefficient (Wildman–Crippen LogP) is 3.57. The Kier molecular flexibility index (Phi) is 4.80. The summed E-state index contributed by atoms with van der Waals surface area (Å²) in [6.45, 7) is 2.41. The van der Waals surface area contributed by atoms with Gasteiger partial charge in [-0.2, -0.15) is 0 Å². The van der Waals surface area contributed by atoms with Crippen molar-refractivity contribution in [3.63, 3.8) is 0 Å². The zero-order chi connectivity index (χ0) is 21.6. The quantitative estimate of drug-likeness (QED) is 0.809. The summed E-state index contributed by atoms with van der Waals surface area (Å²) in [5.74, 6) is -0.00432. The van der Waals surface area contributed by atoms with Crippen LogP contribution < -0.4 is 10.2 Å². The number of nitrogens with zero attached hydrogens (tertiary/aromatic N) is 2. The number of amides is 3. The van der Waals surface area contributed by atoms with Crippen LogP contribution in [0.15, 0.2) is 48.5 Å². The number of aryl methyl sites for hydroxylation is 1. The van der Waals surface area contributed by atoms with Crippen LogP contribution in [-0.4, -0.2) is 34.8 Å². The third kappa shape index (κ3) is 3.21. The molecule has 0 aromatic heterocycles. The average molecular weight is 418 g/mol. The zero-order valence-corrected chi connectivity index (χ0v) is 17.8. The summed E-state index contributed by atoms with van der Waals surface area (Å²) in [7, 11) is 0. The Morgan fingerprint density at radius 1 is 1.10 bits per heavy atom. The van der Waals surface area contributed by atoms with Crippen LogP contribution in [-0.2, 0) is 16.0 Å². The van der Waals surface area contributed by atoms with Crippen molar-refractivity contribution in [2.45, 2.75) is 57.2 Å². The van der Waals surface area contributed by atoms with E-state index in [1.165, 1.54) is 11.1 Å². The summed E-state index contributed by atoms with van der Waals surface area (Å²) >= 11 is 0. The van der Waals surface area contributed by atoms with Crippen molar-refractivity contribution >= 4 is 23.4 Å². The second-order valence-electron chi connectivity index (χ2n) is 8.88. The molecule has 1 aliphatic carbocycles. The summed E-state index contributed by atoms with van der Waals surface area (Å²) in [5, 5.41) is 3.16. The predicted molar refractivity (Wildman–Crippen MR) is 117 cm³/mol. The van der Waals surface area contributed by atoms with Crippen LogP contribution in [0.25, 0.3) is 0 Å². The first kappa shape index (κ1) is 19.8. The van der Waals surface area contributed by atoms with Crippen LogP contribution in [0.3, 0.4) is 0 Å². The van der Waals surface area contributed by atoms with Gasteiger partial charge in [0.1, 0.15) is 5.66 Å². The van der Waals surface area contributed by atoms with E-state index in [-0.39, 0.29) is 23.8 Å². The lowest BCUT2D eigenvalue weighted by molar-refractivity contribution is -0.122. The zero-order valence-electron chi connectivity index (χ0n) is 17.8. The second-order valence-corrected chi connectivity index (χ2v) is 8.88. The fraction of sp³-hybridized carbons (Fsp3) is 0.400. The first-order chi connectivity index (χ1) is 15.0. The molecule has 160 valence electrons. The Labute approximate surface area is 182 Å². The molecule has 3 aliphatic rings. The highest BCUT2D eigenvalue weighted by Crippen LogP contribution is 2.44. The monoisotopic (exact) mass is 417 g/mol. The van der Waals surface area contributed by atoms with E-state index in [4.69, 9.17) is 0 Å². The highest BCUT2D eigenvalue weighted by Gasteiger charge is 2.52. The van der Waals surface area contributed by atoms with Crippen LogP contribution >= 0.6 is 0 Å². The lowest BCUT2D eigenvalue weighted by Crippen LogP contribution is -2.62. The molecule has 0 radical (unpaired) electrons. The third-order valence-corrected chi connectivity index (χ3v) is 7.00. The van der Waals surface area contributed by atoms with Gasteiger partial charge >= 0.3 is 0 Å². The van der Waals surface area contributed by atoms with E-state index >= 15 is 0 Å². The summed E-state index contributed by atoms with van der Waals surface area (Å²) < 4.78 is 0. The molecule has 0 unspecified atom stereocenters. The van der Waals surface area contributed by atoms with E-state index in [0.717, 1.165) is 12.8 Å². The van der Waals surface area contributed by atoms with Crippen LogP contribution in [0, 0.1) is 0 Å². The minimum Gasteiger partial charge on any atom is -0.349 e. The molecule has 1 N–H and O–H groups in total. The Hall–Kier alpha value is -3.15. The molecule has 0 saturated carbocycles. The number of anilines is 1. The number of carbonyl (C=O) groups is 3. The molecule has 2 aliphatic heterocycles. The molecule has 3 amide bonds. The maximum absolute atomic E-state index is 13.3. The maximum atomic E-state index is 13.3. The Morgan fingerprint density at radius 2 is 1.87 bits per heavy atom. The van der Waals surface area contributed by atoms with Gasteiger partial charge in [0.05, 0.1) is 17.3 Å². The fourth-order valence-electron chi connectivity index (χ4n) is 5.41. The number of fused-ring (bicyclic) bond motifs is 4. The number of benzene rings is 2. The van der Waals surface area contributed by atoms with Gasteiger partial charge < -0.3 is 10.2 Å². The van der Waals surface area contributed by atoms with Gasteiger partial charge in [-0.25, -0.2) is 0 Å². The van der Waals surface area contributed by atoms with E-state index in [9.17, 15) is 14.4 Å². The molecule has 31 heavy (non-hydrogen) atoms. The van der Waals surface area contributed by atoms with Gasteiger partial charge in [-0.3, -0.25) is 19.3 Å². The molecule has 0 bridgehead atoms.